The molecular formula is C7H10F5NO. The summed E-state index contributed by atoms with van der Waals surface area (Å²) in [6.07, 6.45) is -5.51. The summed E-state index contributed by atoms with van der Waals surface area (Å²) in [6, 6.07) is 0. The minimum absolute atomic E-state index is 0.134. The van der Waals surface area contributed by atoms with Gasteiger partial charge in [-0.15, -0.1) is 0 Å². The van der Waals surface area contributed by atoms with Crippen molar-refractivity contribution in [3.8, 4) is 0 Å². The number of halogens is 5. The molecule has 0 saturated carbocycles. The van der Waals surface area contributed by atoms with E-state index in [-0.39, 0.29) is 6.54 Å². The fourth-order valence-corrected chi connectivity index (χ4v) is 0.798. The van der Waals surface area contributed by atoms with E-state index in [1.165, 1.54) is 0 Å². The number of alkyl halides is 5. The van der Waals surface area contributed by atoms with Crippen LogP contribution >= 0.6 is 0 Å². The number of carbonyl (C=O) groups is 1. The predicted molar refractivity (Wildman–Crippen MR) is 38.9 cm³/mol. The van der Waals surface area contributed by atoms with Gasteiger partial charge in [-0.1, -0.05) is 6.92 Å². The van der Waals surface area contributed by atoms with Crippen LogP contribution in [-0.4, -0.2) is 36.5 Å². The highest BCUT2D eigenvalue weighted by Gasteiger charge is 2.64. The van der Waals surface area contributed by atoms with Gasteiger partial charge in [0.05, 0.1) is 0 Å². The van der Waals surface area contributed by atoms with Crippen LogP contribution in [0.1, 0.15) is 13.3 Å². The molecule has 0 aromatic carbocycles. The van der Waals surface area contributed by atoms with Gasteiger partial charge in [0.15, 0.2) is 0 Å². The van der Waals surface area contributed by atoms with Crippen LogP contribution in [0.15, 0.2) is 0 Å². The number of hydrogen-bond acceptors (Lipinski definition) is 1. The van der Waals surface area contributed by atoms with Crippen LogP contribution < -0.4 is 0 Å². The van der Waals surface area contributed by atoms with Crippen molar-refractivity contribution < 1.29 is 26.7 Å². The van der Waals surface area contributed by atoms with Crippen molar-refractivity contribution in [2.75, 3.05) is 13.6 Å². The van der Waals surface area contributed by atoms with E-state index in [4.69, 9.17) is 0 Å². The van der Waals surface area contributed by atoms with Gasteiger partial charge >= 0.3 is 18.0 Å². The highest BCUT2D eigenvalue weighted by molar-refractivity contribution is 5.84. The van der Waals surface area contributed by atoms with E-state index < -0.39 is 18.0 Å². The first kappa shape index (κ1) is 13.1. The van der Waals surface area contributed by atoms with E-state index in [1.807, 2.05) is 0 Å². The summed E-state index contributed by atoms with van der Waals surface area (Å²) >= 11 is 0. The van der Waals surface area contributed by atoms with Crippen LogP contribution in [-0.2, 0) is 4.79 Å². The molecule has 1 amide bonds. The number of carbonyl (C=O) groups excluding carboxylic acids is 1. The van der Waals surface area contributed by atoms with Crippen molar-refractivity contribution in [1.29, 1.82) is 0 Å². The van der Waals surface area contributed by atoms with Crippen molar-refractivity contribution in [1.82, 2.24) is 4.90 Å². The van der Waals surface area contributed by atoms with Crippen molar-refractivity contribution in [2.45, 2.75) is 25.4 Å². The topological polar surface area (TPSA) is 20.3 Å². The zero-order valence-corrected chi connectivity index (χ0v) is 7.66. The Kier molecular flexibility index (Phi) is 3.84. The van der Waals surface area contributed by atoms with E-state index in [0.717, 1.165) is 7.05 Å². The Morgan fingerprint density at radius 2 is 1.64 bits per heavy atom. The lowest BCUT2D eigenvalue weighted by Crippen LogP contribution is -2.51. The van der Waals surface area contributed by atoms with Crippen molar-refractivity contribution in [3.63, 3.8) is 0 Å². The predicted octanol–water partition coefficient (Wildman–Crippen LogP) is 2.05. The number of nitrogens with zero attached hydrogens (tertiary/aromatic N) is 1. The number of hydrogen-bond donors (Lipinski definition) is 0. The first-order valence-corrected chi connectivity index (χ1v) is 3.84. The molecule has 0 aliphatic carbocycles. The first-order chi connectivity index (χ1) is 6.14. The Bertz CT molecular complexity index is 213. The molecule has 0 atom stereocenters. The molecular weight excluding hydrogens is 209 g/mol. The van der Waals surface area contributed by atoms with Gasteiger partial charge in [0.25, 0.3) is 0 Å². The number of amides is 1. The molecule has 7 heteroatoms. The second kappa shape index (κ2) is 4.10. The van der Waals surface area contributed by atoms with Crippen LogP contribution in [0.4, 0.5) is 22.0 Å². The third kappa shape index (κ3) is 2.55. The maximum atomic E-state index is 12.4. The smallest absolute Gasteiger partial charge is 0.340 e. The Labute approximate surface area is 77.7 Å². The lowest BCUT2D eigenvalue weighted by Gasteiger charge is -2.24. The molecule has 0 saturated heterocycles. The second-order valence-electron chi connectivity index (χ2n) is 2.80. The molecule has 0 aromatic heterocycles. The Morgan fingerprint density at radius 1 is 1.21 bits per heavy atom. The van der Waals surface area contributed by atoms with E-state index in [0.29, 0.717) is 11.3 Å². The number of rotatable bonds is 3. The molecule has 0 aliphatic rings. The van der Waals surface area contributed by atoms with Gasteiger partial charge < -0.3 is 4.90 Å². The summed E-state index contributed by atoms with van der Waals surface area (Å²) in [7, 11) is 0.908. The summed E-state index contributed by atoms with van der Waals surface area (Å²) in [5.41, 5.74) is 0. The molecule has 0 N–H and O–H groups in total. The monoisotopic (exact) mass is 219 g/mol. The van der Waals surface area contributed by atoms with Gasteiger partial charge in [-0.05, 0) is 6.42 Å². The van der Waals surface area contributed by atoms with Gasteiger partial charge in [-0.25, -0.2) is 0 Å². The molecule has 0 radical (unpaired) electrons. The molecule has 0 heterocycles. The largest absolute Gasteiger partial charge is 0.463 e. The van der Waals surface area contributed by atoms with Gasteiger partial charge in [0.1, 0.15) is 0 Å². The first-order valence-electron chi connectivity index (χ1n) is 3.84. The Morgan fingerprint density at radius 3 is 1.93 bits per heavy atom. The quantitative estimate of drug-likeness (QED) is 0.665. The second-order valence-corrected chi connectivity index (χ2v) is 2.80. The summed E-state index contributed by atoms with van der Waals surface area (Å²) in [5.74, 6) is -7.51. The third-order valence-electron chi connectivity index (χ3n) is 1.53. The van der Waals surface area contributed by atoms with E-state index in [1.54, 1.807) is 6.92 Å². The highest BCUT2D eigenvalue weighted by Crippen LogP contribution is 2.36. The van der Waals surface area contributed by atoms with Crippen LogP contribution in [0.5, 0.6) is 0 Å². The molecule has 0 fully saturated rings. The van der Waals surface area contributed by atoms with Gasteiger partial charge in [-0.2, -0.15) is 22.0 Å². The van der Waals surface area contributed by atoms with Crippen molar-refractivity contribution >= 4 is 5.91 Å². The standard InChI is InChI=1S/C7H10F5NO/c1-3-4-13(2)5(14)6(8,9)7(10,11)12/h3-4H2,1-2H3. The zero-order valence-electron chi connectivity index (χ0n) is 7.66. The fraction of sp³-hybridized carbons (Fsp3) is 0.857. The third-order valence-corrected chi connectivity index (χ3v) is 1.53. The van der Waals surface area contributed by atoms with E-state index in [9.17, 15) is 26.7 Å². The molecule has 0 unspecified atom stereocenters. The summed E-state index contributed by atoms with van der Waals surface area (Å²) in [5, 5.41) is 0. The normalized spacial score (nSPS) is 12.8. The Balaban J connectivity index is 4.67. The van der Waals surface area contributed by atoms with Crippen molar-refractivity contribution in [3.05, 3.63) is 0 Å². The average Bonchev–Trinajstić information content (AvgIpc) is 2.01. The van der Waals surface area contributed by atoms with E-state index in [2.05, 4.69) is 0 Å². The minimum Gasteiger partial charge on any atom is -0.340 e. The molecule has 2 nitrogen and oxygen atoms in total. The van der Waals surface area contributed by atoms with Crippen LogP contribution in [0, 0.1) is 0 Å². The molecule has 0 aromatic rings. The maximum Gasteiger partial charge on any atom is 0.463 e. The zero-order chi connectivity index (χ0) is 11.6. The molecule has 14 heavy (non-hydrogen) atoms. The van der Waals surface area contributed by atoms with Gasteiger partial charge in [0, 0.05) is 13.6 Å². The Hall–Kier alpha value is -0.880. The summed E-state index contributed by atoms with van der Waals surface area (Å²) in [6.45, 7) is 1.43. The molecule has 0 aliphatic heterocycles. The van der Waals surface area contributed by atoms with Crippen LogP contribution in [0.2, 0.25) is 0 Å². The molecule has 0 bridgehead atoms. The maximum absolute atomic E-state index is 12.4. The fourth-order valence-electron chi connectivity index (χ4n) is 0.798. The van der Waals surface area contributed by atoms with Crippen LogP contribution in [0.3, 0.4) is 0 Å². The molecule has 84 valence electrons. The molecule has 0 rings (SSSR count). The summed E-state index contributed by atoms with van der Waals surface area (Å²) < 4.78 is 59.8. The minimum atomic E-state index is -5.83. The van der Waals surface area contributed by atoms with Gasteiger partial charge in [-0.3, -0.25) is 4.79 Å². The highest BCUT2D eigenvalue weighted by atomic mass is 19.4. The summed E-state index contributed by atoms with van der Waals surface area (Å²) in [4.78, 5) is 11.0. The lowest BCUT2D eigenvalue weighted by atomic mass is 10.2. The van der Waals surface area contributed by atoms with Crippen molar-refractivity contribution in [2.24, 2.45) is 0 Å². The lowest BCUT2D eigenvalue weighted by molar-refractivity contribution is -0.273. The average molecular weight is 219 g/mol. The SMILES string of the molecule is CCCN(C)C(=O)C(F)(F)C(F)(F)F. The molecule has 0 spiro atoms. The van der Waals surface area contributed by atoms with Crippen LogP contribution in [0.25, 0.3) is 0 Å². The van der Waals surface area contributed by atoms with E-state index >= 15 is 0 Å². The van der Waals surface area contributed by atoms with Gasteiger partial charge in [0.2, 0.25) is 0 Å².